The zero-order valence-corrected chi connectivity index (χ0v) is 23.7. The van der Waals surface area contributed by atoms with E-state index in [2.05, 4.69) is 14.7 Å². The van der Waals surface area contributed by atoms with E-state index in [1.54, 1.807) is 66.7 Å². The van der Waals surface area contributed by atoms with Gasteiger partial charge in [0, 0.05) is 0 Å². The van der Waals surface area contributed by atoms with Gasteiger partial charge < -0.3 is 9.72 Å². The molecule has 1 aliphatic heterocycles. The third-order valence-electron chi connectivity index (χ3n) is 6.94. The topological polar surface area (TPSA) is 147 Å². The van der Waals surface area contributed by atoms with Crippen molar-refractivity contribution in [2.45, 2.75) is 29.0 Å². The number of imidazole rings is 1. The zero-order valence-electron chi connectivity index (χ0n) is 22.1. The van der Waals surface area contributed by atoms with Crippen molar-refractivity contribution in [2.75, 3.05) is 0 Å². The van der Waals surface area contributed by atoms with E-state index in [1.165, 1.54) is 6.07 Å². The smallest absolute Gasteiger partial charge is 0.244 e. The van der Waals surface area contributed by atoms with Gasteiger partial charge in [-0.05, 0) is 53.9 Å². The number of para-hydroxylation sites is 4. The lowest BCUT2D eigenvalue weighted by Crippen LogP contribution is -2.31. The van der Waals surface area contributed by atoms with Crippen LogP contribution in [-0.2, 0) is 31.3 Å². The number of benzene rings is 4. The van der Waals surface area contributed by atoms with Gasteiger partial charge in [0.15, 0.2) is 0 Å². The van der Waals surface area contributed by atoms with E-state index in [1.807, 2.05) is 35.1 Å². The first-order valence-electron chi connectivity index (χ1n) is 13.1. The van der Waals surface area contributed by atoms with Crippen LogP contribution in [0, 0.1) is 0 Å². The maximum atomic E-state index is 13.8. The number of fused-ring (bicyclic) bond motifs is 1. The van der Waals surface area contributed by atoms with Crippen molar-refractivity contribution in [3.8, 4) is 11.5 Å². The Morgan fingerprint density at radius 1 is 0.905 bits per heavy atom. The minimum atomic E-state index is -4.12. The highest BCUT2D eigenvalue weighted by atomic mass is 32.2. The second-order valence-corrected chi connectivity index (χ2v) is 13.4. The molecule has 3 N–H and O–H groups in total. The summed E-state index contributed by atoms with van der Waals surface area (Å²) in [5, 5.41) is -0.968. The molecule has 2 heterocycles. The van der Waals surface area contributed by atoms with Gasteiger partial charge in [-0.3, -0.25) is 9.52 Å². The van der Waals surface area contributed by atoms with Gasteiger partial charge in [-0.2, -0.15) is 0 Å². The monoisotopic (exact) mass is 602 g/mol. The molecule has 12 heteroatoms. The number of amides is 1. The summed E-state index contributed by atoms with van der Waals surface area (Å²) in [6, 6.07) is 28.6. The van der Waals surface area contributed by atoms with Crippen LogP contribution in [0.25, 0.3) is 11.0 Å². The molecule has 0 spiro atoms. The predicted molar refractivity (Wildman–Crippen MR) is 157 cm³/mol. The molecule has 1 saturated heterocycles. The Morgan fingerprint density at radius 2 is 1.60 bits per heavy atom. The first-order chi connectivity index (χ1) is 20.2. The summed E-state index contributed by atoms with van der Waals surface area (Å²) >= 11 is 0. The highest BCUT2D eigenvalue weighted by Crippen LogP contribution is 2.32. The van der Waals surface area contributed by atoms with Crippen LogP contribution >= 0.6 is 0 Å². The molecule has 1 aromatic heterocycles. The average Bonchev–Trinajstić information content (AvgIpc) is 3.53. The van der Waals surface area contributed by atoms with Crippen molar-refractivity contribution in [1.82, 2.24) is 19.4 Å². The second-order valence-electron chi connectivity index (χ2n) is 9.88. The minimum Gasteiger partial charge on any atom is -0.456 e. The van der Waals surface area contributed by atoms with Crippen molar-refractivity contribution in [3.63, 3.8) is 0 Å². The number of ether oxygens (including phenoxy) is 1. The number of carbonyl (C=O) groups is 1. The fourth-order valence-corrected chi connectivity index (χ4v) is 7.66. The molecule has 0 bridgehead atoms. The Morgan fingerprint density at radius 3 is 2.31 bits per heavy atom. The van der Waals surface area contributed by atoms with Crippen molar-refractivity contribution >= 4 is 37.0 Å². The van der Waals surface area contributed by atoms with Crippen LogP contribution in [0.4, 0.5) is 0 Å². The summed E-state index contributed by atoms with van der Waals surface area (Å²) in [6.07, 6.45) is 0.0587. The SMILES string of the molecule is O=C1CC(c2ccc(C[C@H](NS(=O)(=O)c3ccccc3Oc3ccccc3)c3nc4ccccc4[nH]3)cc2)S(=O)(=O)N1. The number of carbonyl (C=O) groups excluding carboxylic acids is 1. The van der Waals surface area contributed by atoms with Crippen LogP contribution in [0.5, 0.6) is 11.5 Å². The van der Waals surface area contributed by atoms with E-state index in [0.717, 1.165) is 11.1 Å². The summed E-state index contributed by atoms with van der Waals surface area (Å²) in [5.41, 5.74) is 2.65. The van der Waals surface area contributed by atoms with Crippen molar-refractivity contribution in [1.29, 1.82) is 0 Å². The largest absolute Gasteiger partial charge is 0.456 e. The molecule has 1 unspecified atom stereocenters. The normalized spacial score (nSPS) is 17.1. The van der Waals surface area contributed by atoms with E-state index in [4.69, 9.17) is 4.74 Å². The Kier molecular flexibility index (Phi) is 7.27. The van der Waals surface area contributed by atoms with Crippen LogP contribution in [0.2, 0.25) is 0 Å². The molecule has 2 atom stereocenters. The molecular formula is C30H26N4O6S2. The number of rotatable bonds is 9. The Balaban J connectivity index is 1.32. The fraction of sp³-hybridized carbons (Fsp3) is 0.133. The first-order valence-corrected chi connectivity index (χ1v) is 16.1. The molecule has 0 aliphatic carbocycles. The molecule has 1 aliphatic rings. The summed E-state index contributed by atoms with van der Waals surface area (Å²) in [4.78, 5) is 19.5. The number of nitrogens with zero attached hydrogens (tertiary/aromatic N) is 1. The van der Waals surface area contributed by atoms with Crippen LogP contribution in [0.15, 0.2) is 108 Å². The summed E-state index contributed by atoms with van der Waals surface area (Å²) in [7, 11) is -7.90. The number of hydrogen-bond donors (Lipinski definition) is 3. The van der Waals surface area contributed by atoms with Crippen LogP contribution < -0.4 is 14.2 Å². The molecule has 1 amide bonds. The third-order valence-corrected chi connectivity index (χ3v) is 10.1. The zero-order chi connectivity index (χ0) is 29.3. The van der Waals surface area contributed by atoms with Gasteiger partial charge in [0.2, 0.25) is 26.0 Å². The van der Waals surface area contributed by atoms with Crippen molar-refractivity contribution in [3.05, 3.63) is 120 Å². The van der Waals surface area contributed by atoms with Crippen LogP contribution in [0.3, 0.4) is 0 Å². The summed E-state index contributed by atoms with van der Waals surface area (Å²) < 4.78 is 63.0. The molecule has 0 radical (unpaired) electrons. The molecular weight excluding hydrogens is 576 g/mol. The number of nitrogens with one attached hydrogen (secondary N) is 3. The van der Waals surface area contributed by atoms with Crippen LogP contribution in [0.1, 0.15) is 34.7 Å². The molecule has 42 heavy (non-hydrogen) atoms. The minimum absolute atomic E-state index is 0.0334. The maximum Gasteiger partial charge on any atom is 0.244 e. The third kappa shape index (κ3) is 5.77. The van der Waals surface area contributed by atoms with Gasteiger partial charge in [-0.15, -0.1) is 0 Å². The second kappa shape index (κ2) is 11.0. The van der Waals surface area contributed by atoms with E-state index in [-0.39, 0.29) is 23.5 Å². The lowest BCUT2D eigenvalue weighted by Gasteiger charge is -2.19. The molecule has 0 saturated carbocycles. The quantitative estimate of drug-likeness (QED) is 0.225. The molecule has 10 nitrogen and oxygen atoms in total. The van der Waals surface area contributed by atoms with Gasteiger partial charge in [0.25, 0.3) is 0 Å². The summed E-state index contributed by atoms with van der Waals surface area (Å²) in [6.45, 7) is 0. The maximum absolute atomic E-state index is 13.8. The van der Waals surface area contributed by atoms with E-state index < -0.39 is 37.2 Å². The molecule has 214 valence electrons. The molecule has 1 fully saturated rings. The number of aromatic nitrogens is 2. The fourth-order valence-electron chi connectivity index (χ4n) is 4.91. The van der Waals surface area contributed by atoms with Crippen molar-refractivity contribution in [2.24, 2.45) is 0 Å². The number of H-pyrrole nitrogens is 1. The van der Waals surface area contributed by atoms with Gasteiger partial charge in [-0.25, -0.2) is 26.5 Å². The molecule has 5 aromatic rings. The Labute approximate surface area is 242 Å². The lowest BCUT2D eigenvalue weighted by molar-refractivity contribution is -0.118. The standard InChI is InChI=1S/C30H26N4O6S2/c35-29-19-28(42(38,39)34-29)21-16-14-20(15-17-21)18-25(30-31-23-10-4-5-11-24(23)32-30)33-41(36,37)27-13-7-6-12-26(27)40-22-8-2-1-3-9-22/h1-17,25,28,33H,18-19H2,(H,31,32)(H,34,35)/t25-,28?/m0/s1. The average molecular weight is 603 g/mol. The van der Waals surface area contributed by atoms with E-state index in [0.29, 0.717) is 22.7 Å². The van der Waals surface area contributed by atoms with E-state index >= 15 is 0 Å². The van der Waals surface area contributed by atoms with E-state index in [9.17, 15) is 21.6 Å². The molecule has 4 aromatic carbocycles. The summed E-state index contributed by atoms with van der Waals surface area (Å²) in [5.74, 6) is 0.540. The predicted octanol–water partition coefficient (Wildman–Crippen LogP) is 4.51. The number of aromatic amines is 1. The Bertz CT molecular complexity index is 1940. The number of hydrogen-bond acceptors (Lipinski definition) is 7. The van der Waals surface area contributed by atoms with Crippen molar-refractivity contribution < 1.29 is 26.4 Å². The van der Waals surface area contributed by atoms with Gasteiger partial charge in [-0.1, -0.05) is 66.7 Å². The highest BCUT2D eigenvalue weighted by molar-refractivity contribution is 7.90. The highest BCUT2D eigenvalue weighted by Gasteiger charge is 2.37. The first kappa shape index (κ1) is 27.6. The van der Waals surface area contributed by atoms with Gasteiger partial charge in [0.05, 0.1) is 23.5 Å². The Hall–Kier alpha value is -4.52. The van der Waals surface area contributed by atoms with Crippen LogP contribution in [-0.4, -0.2) is 32.7 Å². The van der Waals surface area contributed by atoms with Gasteiger partial charge in [0.1, 0.15) is 27.5 Å². The van der Waals surface area contributed by atoms with Gasteiger partial charge >= 0.3 is 0 Å². The number of sulfonamides is 2. The molecule has 6 rings (SSSR count). The lowest BCUT2D eigenvalue weighted by atomic mass is 10.0.